The van der Waals surface area contributed by atoms with Gasteiger partial charge in [0.2, 0.25) is 0 Å². The fourth-order valence-corrected chi connectivity index (χ4v) is 3.23. The number of hydrogen-bond donors (Lipinski definition) is 2. The number of sulfone groups is 1. The summed E-state index contributed by atoms with van der Waals surface area (Å²) in [6, 6.07) is 5.63. The lowest BCUT2D eigenvalue weighted by Crippen LogP contribution is -2.38. The van der Waals surface area contributed by atoms with E-state index in [1.807, 2.05) is 0 Å². The molecule has 0 fully saturated rings. The van der Waals surface area contributed by atoms with Gasteiger partial charge in [-0.15, -0.1) is 0 Å². The van der Waals surface area contributed by atoms with Crippen LogP contribution in [0.4, 0.5) is 11.4 Å². The van der Waals surface area contributed by atoms with Gasteiger partial charge in [-0.25, -0.2) is 8.42 Å². The van der Waals surface area contributed by atoms with Crippen molar-refractivity contribution in [2.24, 2.45) is 0 Å². The van der Waals surface area contributed by atoms with E-state index in [2.05, 4.69) is 10.6 Å². The molecule has 0 aliphatic carbocycles. The molecule has 0 amide bonds. The maximum atomic E-state index is 11.2. The van der Waals surface area contributed by atoms with Crippen LogP contribution in [-0.2, 0) is 9.84 Å². The van der Waals surface area contributed by atoms with Crippen LogP contribution in [0.25, 0.3) is 0 Å². The number of nitrogens with zero attached hydrogens (tertiary/aromatic N) is 1. The second-order valence-corrected chi connectivity index (χ2v) is 6.48. The lowest BCUT2D eigenvalue weighted by atomic mass is 10.3. The van der Waals surface area contributed by atoms with Crippen molar-refractivity contribution in [2.45, 2.75) is 6.04 Å². The van der Waals surface area contributed by atoms with Gasteiger partial charge in [0.15, 0.2) is 14.9 Å². The Kier molecular flexibility index (Phi) is 4.00. The summed E-state index contributed by atoms with van der Waals surface area (Å²) in [7, 11) is -3.17. The van der Waals surface area contributed by atoms with E-state index in [1.54, 1.807) is 12.1 Å². The number of para-hydroxylation sites is 2. The highest BCUT2D eigenvalue weighted by Crippen LogP contribution is 2.23. The summed E-state index contributed by atoms with van der Waals surface area (Å²) in [4.78, 5) is 10.3. The van der Waals surface area contributed by atoms with Crippen LogP contribution in [0.2, 0.25) is 0 Å². The number of nitro groups is 1. The summed E-state index contributed by atoms with van der Waals surface area (Å²) in [5.74, 6) is -0.0777. The van der Waals surface area contributed by atoms with Gasteiger partial charge in [-0.2, -0.15) is 0 Å². The monoisotopic (exact) mass is 313 g/mol. The zero-order valence-electron chi connectivity index (χ0n) is 10.1. The summed E-state index contributed by atoms with van der Waals surface area (Å²) in [5, 5.41) is 17.6. The molecule has 9 heteroatoms. The number of nitro benzene ring substituents is 1. The van der Waals surface area contributed by atoms with Crippen molar-refractivity contribution in [2.75, 3.05) is 11.1 Å². The molecule has 0 saturated heterocycles. The Hall–Kier alpha value is -2.00. The molecule has 0 spiro atoms. The third kappa shape index (κ3) is 3.52. The molecule has 2 rings (SSSR count). The molecular weight excluding hydrogens is 302 g/mol. The first-order valence-electron chi connectivity index (χ1n) is 5.59. The minimum absolute atomic E-state index is 0.0777. The first-order chi connectivity index (χ1) is 9.37. The number of benzene rings is 1. The average Bonchev–Trinajstić information content (AvgIpc) is 2.68. The molecule has 2 N–H and O–H groups in total. The average molecular weight is 313 g/mol. The molecule has 7 nitrogen and oxygen atoms in total. The second-order valence-electron chi connectivity index (χ2n) is 4.14. The van der Waals surface area contributed by atoms with Gasteiger partial charge in [0.05, 0.1) is 16.7 Å². The van der Waals surface area contributed by atoms with Crippen LogP contribution in [0.5, 0.6) is 0 Å². The quantitative estimate of drug-likeness (QED) is 0.491. The molecule has 1 aliphatic heterocycles. The Morgan fingerprint density at radius 1 is 1.40 bits per heavy atom. The van der Waals surface area contributed by atoms with Crippen molar-refractivity contribution in [1.82, 2.24) is 5.32 Å². The molecule has 1 heterocycles. The number of anilines is 1. The van der Waals surface area contributed by atoms with Gasteiger partial charge in [-0.1, -0.05) is 12.1 Å². The van der Waals surface area contributed by atoms with Crippen LogP contribution >= 0.6 is 12.2 Å². The van der Waals surface area contributed by atoms with Crippen LogP contribution in [0.1, 0.15) is 0 Å². The largest absolute Gasteiger partial charge is 0.355 e. The summed E-state index contributed by atoms with van der Waals surface area (Å²) in [6.45, 7) is 0. The number of nitrogens with one attached hydrogen (secondary N) is 2. The van der Waals surface area contributed by atoms with E-state index in [-0.39, 0.29) is 22.2 Å². The van der Waals surface area contributed by atoms with Crippen LogP contribution in [0.3, 0.4) is 0 Å². The third-order valence-corrected chi connectivity index (χ3v) is 4.21. The topological polar surface area (TPSA) is 101 Å². The molecule has 1 aliphatic rings. The van der Waals surface area contributed by atoms with E-state index < -0.39 is 20.8 Å². The zero-order chi connectivity index (χ0) is 14.8. The predicted molar refractivity (Wildman–Crippen MR) is 79.2 cm³/mol. The second kappa shape index (κ2) is 5.55. The van der Waals surface area contributed by atoms with E-state index in [0.29, 0.717) is 0 Å². The maximum absolute atomic E-state index is 11.2. The summed E-state index contributed by atoms with van der Waals surface area (Å²) >= 11 is 5.02. The first-order valence-corrected chi connectivity index (χ1v) is 7.72. The highest BCUT2D eigenvalue weighted by molar-refractivity contribution is 7.94. The molecular formula is C11H11N3O4S2. The molecule has 106 valence electrons. The standard InChI is InChI=1S/C11H11N3O4S2/c15-14(16)10-4-2-1-3-9(10)13-11(19)12-8-5-6-20(17,18)7-8/h1-6,8H,7H2,(H2,12,13,19). The molecule has 20 heavy (non-hydrogen) atoms. The highest BCUT2D eigenvalue weighted by atomic mass is 32.2. The van der Waals surface area contributed by atoms with Crippen molar-refractivity contribution >= 4 is 38.5 Å². The molecule has 0 bridgehead atoms. The minimum atomic E-state index is -3.17. The lowest BCUT2D eigenvalue weighted by Gasteiger charge is -2.14. The van der Waals surface area contributed by atoms with E-state index in [0.717, 1.165) is 5.41 Å². The molecule has 0 saturated carbocycles. The minimum Gasteiger partial charge on any atom is -0.355 e. The predicted octanol–water partition coefficient (Wildman–Crippen LogP) is 1.19. The van der Waals surface area contributed by atoms with Gasteiger partial charge in [-0.3, -0.25) is 10.1 Å². The summed E-state index contributed by atoms with van der Waals surface area (Å²) in [6.07, 6.45) is 1.49. The number of hydrogen-bond acceptors (Lipinski definition) is 5. The summed E-state index contributed by atoms with van der Waals surface area (Å²) in [5.41, 5.74) is 0.145. The normalized spacial score (nSPS) is 19.5. The fourth-order valence-electron chi connectivity index (χ4n) is 1.73. The smallest absolute Gasteiger partial charge is 0.292 e. The Morgan fingerprint density at radius 2 is 2.10 bits per heavy atom. The Labute approximate surface area is 120 Å². The van der Waals surface area contributed by atoms with Crippen LogP contribution in [-0.4, -0.2) is 30.2 Å². The van der Waals surface area contributed by atoms with Crippen molar-refractivity contribution in [3.63, 3.8) is 0 Å². The first kappa shape index (κ1) is 14.4. The van der Waals surface area contributed by atoms with Crippen molar-refractivity contribution in [1.29, 1.82) is 0 Å². The van der Waals surface area contributed by atoms with E-state index in [4.69, 9.17) is 12.2 Å². The van der Waals surface area contributed by atoms with Crippen LogP contribution in [0, 0.1) is 10.1 Å². The van der Waals surface area contributed by atoms with Gasteiger partial charge in [0, 0.05) is 11.5 Å². The Morgan fingerprint density at radius 3 is 2.70 bits per heavy atom. The SMILES string of the molecule is O=[N+]([O-])c1ccccc1NC(=S)NC1C=CS(=O)(=O)C1. The van der Waals surface area contributed by atoms with E-state index >= 15 is 0 Å². The zero-order valence-corrected chi connectivity index (χ0v) is 11.8. The summed E-state index contributed by atoms with van der Waals surface area (Å²) < 4.78 is 22.5. The molecule has 1 atom stereocenters. The Bertz CT molecular complexity index is 685. The van der Waals surface area contributed by atoms with Gasteiger partial charge in [0.25, 0.3) is 5.69 Å². The van der Waals surface area contributed by atoms with E-state index in [9.17, 15) is 18.5 Å². The molecule has 0 radical (unpaired) electrons. The molecule has 1 aromatic rings. The molecule has 0 aromatic heterocycles. The van der Waals surface area contributed by atoms with Crippen LogP contribution < -0.4 is 10.6 Å². The van der Waals surface area contributed by atoms with Crippen LogP contribution in [0.15, 0.2) is 35.7 Å². The van der Waals surface area contributed by atoms with Gasteiger partial charge < -0.3 is 10.6 Å². The van der Waals surface area contributed by atoms with E-state index in [1.165, 1.54) is 18.2 Å². The third-order valence-electron chi connectivity index (χ3n) is 2.60. The van der Waals surface area contributed by atoms with Gasteiger partial charge >= 0.3 is 0 Å². The lowest BCUT2D eigenvalue weighted by molar-refractivity contribution is -0.383. The number of thiocarbonyl (C=S) groups is 1. The maximum Gasteiger partial charge on any atom is 0.292 e. The highest BCUT2D eigenvalue weighted by Gasteiger charge is 2.22. The van der Waals surface area contributed by atoms with Gasteiger partial charge in [-0.05, 0) is 24.4 Å². The Balaban J connectivity index is 2.03. The van der Waals surface area contributed by atoms with Crippen molar-refractivity contribution < 1.29 is 13.3 Å². The molecule has 1 aromatic carbocycles. The number of rotatable bonds is 3. The van der Waals surface area contributed by atoms with Crippen molar-refractivity contribution in [3.8, 4) is 0 Å². The van der Waals surface area contributed by atoms with Crippen molar-refractivity contribution in [3.05, 3.63) is 45.9 Å². The van der Waals surface area contributed by atoms with Gasteiger partial charge in [0.1, 0.15) is 5.69 Å². The molecule has 1 unspecified atom stereocenters. The fraction of sp³-hybridized carbons (Fsp3) is 0.182.